The first-order valence-electron chi connectivity index (χ1n) is 5.85. The van der Waals surface area contributed by atoms with Crippen LogP contribution in [0.15, 0.2) is 34.1 Å². The molecule has 2 N–H and O–H groups in total. The van der Waals surface area contributed by atoms with Crippen LogP contribution >= 0.6 is 27.3 Å². The highest BCUT2D eigenvalue weighted by molar-refractivity contribution is 9.10. The number of benzene rings is 1. The highest BCUT2D eigenvalue weighted by Crippen LogP contribution is 2.14. The molecular weight excluding hydrogens is 326 g/mol. The average molecular weight is 340 g/mol. The van der Waals surface area contributed by atoms with E-state index < -0.39 is 0 Å². The van der Waals surface area contributed by atoms with Crippen LogP contribution in [0, 0.1) is 0 Å². The maximum absolute atomic E-state index is 11.9. The van der Waals surface area contributed by atoms with Gasteiger partial charge < -0.3 is 10.6 Å². The Bertz CT molecular complexity index is 553. The average Bonchev–Trinajstić information content (AvgIpc) is 2.87. The lowest BCUT2D eigenvalue weighted by Gasteiger charge is -2.04. The fourth-order valence-electron chi connectivity index (χ4n) is 1.54. The van der Waals surface area contributed by atoms with E-state index >= 15 is 0 Å². The van der Waals surface area contributed by atoms with Crippen molar-refractivity contribution in [2.75, 3.05) is 18.9 Å². The molecule has 1 heterocycles. The third-order valence-electron chi connectivity index (χ3n) is 2.54. The van der Waals surface area contributed by atoms with Gasteiger partial charge in [-0.1, -0.05) is 15.9 Å². The molecule has 1 amide bonds. The van der Waals surface area contributed by atoms with Crippen molar-refractivity contribution in [2.24, 2.45) is 0 Å². The van der Waals surface area contributed by atoms with Crippen LogP contribution in [-0.4, -0.2) is 24.5 Å². The predicted molar refractivity (Wildman–Crippen MR) is 81.8 cm³/mol. The van der Waals surface area contributed by atoms with Crippen LogP contribution in [0.25, 0.3) is 0 Å². The first-order chi connectivity index (χ1) is 9.19. The largest absolute Gasteiger partial charge is 0.365 e. The molecule has 0 fully saturated rings. The van der Waals surface area contributed by atoms with E-state index in [0.29, 0.717) is 12.1 Å². The van der Waals surface area contributed by atoms with Crippen molar-refractivity contribution in [1.82, 2.24) is 10.3 Å². The Kier molecular flexibility index (Phi) is 4.93. The molecular formula is C13H14BrN3OS. The second-order valence-corrected chi connectivity index (χ2v) is 5.68. The predicted octanol–water partition coefficient (Wildman–Crippen LogP) is 2.92. The van der Waals surface area contributed by atoms with Gasteiger partial charge in [-0.15, -0.1) is 11.3 Å². The second kappa shape index (κ2) is 6.68. The van der Waals surface area contributed by atoms with Crippen LogP contribution in [0.1, 0.15) is 16.1 Å². The summed E-state index contributed by atoms with van der Waals surface area (Å²) in [5.41, 5.74) is 1.66. The van der Waals surface area contributed by atoms with Crippen LogP contribution in [0.5, 0.6) is 0 Å². The van der Waals surface area contributed by atoms with Gasteiger partial charge in [0.2, 0.25) is 0 Å². The molecule has 0 saturated carbocycles. The highest BCUT2D eigenvalue weighted by atomic mass is 79.9. The number of halogens is 1. The molecule has 2 rings (SSSR count). The summed E-state index contributed by atoms with van der Waals surface area (Å²) in [5, 5.41) is 8.77. The maximum atomic E-state index is 11.9. The number of aromatic nitrogens is 1. The molecule has 0 saturated heterocycles. The fraction of sp³-hybridized carbons (Fsp3) is 0.231. The summed E-state index contributed by atoms with van der Waals surface area (Å²) in [6.45, 7) is 0.585. The number of hydrogen-bond donors (Lipinski definition) is 2. The minimum absolute atomic E-state index is 0.0587. The van der Waals surface area contributed by atoms with E-state index in [1.165, 1.54) is 0 Å². The second-order valence-electron chi connectivity index (χ2n) is 3.91. The lowest BCUT2D eigenvalue weighted by molar-refractivity contribution is 0.0954. The number of amides is 1. The molecule has 1 aromatic heterocycles. The number of carbonyl (C=O) groups is 1. The molecule has 6 heteroatoms. The SMILES string of the molecule is CNc1nc(CCNC(=O)c2ccc(Br)cc2)cs1. The van der Waals surface area contributed by atoms with Gasteiger partial charge in [0.25, 0.3) is 5.91 Å². The van der Waals surface area contributed by atoms with Gasteiger partial charge in [-0.05, 0) is 24.3 Å². The zero-order chi connectivity index (χ0) is 13.7. The summed E-state index contributed by atoms with van der Waals surface area (Å²) in [7, 11) is 1.85. The number of anilines is 1. The van der Waals surface area contributed by atoms with Crippen LogP contribution in [-0.2, 0) is 6.42 Å². The molecule has 0 aliphatic heterocycles. The van der Waals surface area contributed by atoms with Crippen LogP contribution in [0.3, 0.4) is 0 Å². The van der Waals surface area contributed by atoms with Gasteiger partial charge in [-0.3, -0.25) is 4.79 Å². The Balaban J connectivity index is 1.82. The molecule has 0 aliphatic rings. The first kappa shape index (κ1) is 14.0. The van der Waals surface area contributed by atoms with Gasteiger partial charge in [0.05, 0.1) is 5.69 Å². The van der Waals surface area contributed by atoms with Crippen molar-refractivity contribution in [2.45, 2.75) is 6.42 Å². The van der Waals surface area contributed by atoms with E-state index in [9.17, 15) is 4.79 Å². The summed E-state index contributed by atoms with van der Waals surface area (Å²) < 4.78 is 0.964. The van der Waals surface area contributed by atoms with E-state index in [-0.39, 0.29) is 5.91 Å². The van der Waals surface area contributed by atoms with Gasteiger partial charge >= 0.3 is 0 Å². The molecule has 2 aromatic rings. The third-order valence-corrected chi connectivity index (χ3v) is 3.98. The monoisotopic (exact) mass is 339 g/mol. The van der Waals surface area contributed by atoms with Crippen LogP contribution in [0.4, 0.5) is 5.13 Å². The van der Waals surface area contributed by atoms with Crippen LogP contribution < -0.4 is 10.6 Å². The summed E-state index contributed by atoms with van der Waals surface area (Å²) in [6, 6.07) is 7.30. The number of hydrogen-bond acceptors (Lipinski definition) is 4. The summed E-state index contributed by atoms with van der Waals surface area (Å²) in [4.78, 5) is 16.2. The number of carbonyl (C=O) groups excluding carboxylic acids is 1. The topological polar surface area (TPSA) is 54.0 Å². The molecule has 100 valence electrons. The van der Waals surface area contributed by atoms with Crippen molar-refractivity contribution >= 4 is 38.3 Å². The lowest BCUT2D eigenvalue weighted by Crippen LogP contribution is -2.25. The zero-order valence-corrected chi connectivity index (χ0v) is 12.8. The first-order valence-corrected chi connectivity index (χ1v) is 7.52. The van der Waals surface area contributed by atoms with Crippen molar-refractivity contribution in [3.8, 4) is 0 Å². The molecule has 1 aromatic carbocycles. The van der Waals surface area contributed by atoms with E-state index in [4.69, 9.17) is 0 Å². The van der Waals surface area contributed by atoms with Gasteiger partial charge in [-0.25, -0.2) is 4.98 Å². The normalized spacial score (nSPS) is 10.2. The molecule has 0 unspecified atom stereocenters. The number of nitrogens with one attached hydrogen (secondary N) is 2. The minimum atomic E-state index is -0.0587. The van der Waals surface area contributed by atoms with Gasteiger partial charge in [0.1, 0.15) is 0 Å². The summed E-state index contributed by atoms with van der Waals surface area (Å²) in [6.07, 6.45) is 0.737. The minimum Gasteiger partial charge on any atom is -0.365 e. The lowest BCUT2D eigenvalue weighted by atomic mass is 10.2. The molecule has 19 heavy (non-hydrogen) atoms. The highest BCUT2D eigenvalue weighted by Gasteiger charge is 2.05. The quantitative estimate of drug-likeness (QED) is 0.880. The van der Waals surface area contributed by atoms with E-state index in [1.54, 1.807) is 23.5 Å². The van der Waals surface area contributed by atoms with E-state index in [0.717, 1.165) is 21.7 Å². The van der Waals surface area contributed by atoms with Gasteiger partial charge in [-0.2, -0.15) is 0 Å². The van der Waals surface area contributed by atoms with E-state index in [1.807, 2.05) is 24.6 Å². The van der Waals surface area contributed by atoms with Gasteiger partial charge in [0.15, 0.2) is 5.13 Å². The Morgan fingerprint density at radius 3 is 2.74 bits per heavy atom. The Morgan fingerprint density at radius 1 is 1.37 bits per heavy atom. The van der Waals surface area contributed by atoms with Crippen LogP contribution in [0.2, 0.25) is 0 Å². The van der Waals surface area contributed by atoms with E-state index in [2.05, 4.69) is 31.5 Å². The van der Waals surface area contributed by atoms with Crippen molar-refractivity contribution in [1.29, 1.82) is 0 Å². The molecule has 0 aliphatic carbocycles. The van der Waals surface area contributed by atoms with Crippen molar-refractivity contribution in [3.63, 3.8) is 0 Å². The van der Waals surface area contributed by atoms with Crippen molar-refractivity contribution in [3.05, 3.63) is 45.4 Å². The smallest absolute Gasteiger partial charge is 0.251 e. The molecule has 0 spiro atoms. The fourth-order valence-corrected chi connectivity index (χ4v) is 2.51. The standard InChI is InChI=1S/C13H14BrN3OS/c1-15-13-17-11(8-19-13)6-7-16-12(18)9-2-4-10(14)5-3-9/h2-5,8H,6-7H2,1H3,(H,15,17)(H,16,18). The van der Waals surface area contributed by atoms with Gasteiger partial charge in [0, 0.05) is 35.4 Å². The Hall–Kier alpha value is -1.40. The molecule has 0 atom stereocenters. The number of thiazole rings is 1. The third kappa shape index (κ3) is 4.04. The number of rotatable bonds is 5. The van der Waals surface area contributed by atoms with Crippen molar-refractivity contribution < 1.29 is 4.79 Å². The zero-order valence-electron chi connectivity index (χ0n) is 10.4. The maximum Gasteiger partial charge on any atom is 0.251 e. The molecule has 4 nitrogen and oxygen atoms in total. The summed E-state index contributed by atoms with van der Waals surface area (Å²) in [5.74, 6) is -0.0587. The molecule has 0 radical (unpaired) electrons. The molecule has 0 bridgehead atoms. The Morgan fingerprint density at radius 2 is 2.11 bits per heavy atom. The number of nitrogens with zero attached hydrogens (tertiary/aromatic N) is 1. The summed E-state index contributed by atoms with van der Waals surface area (Å²) >= 11 is 4.91. The Labute approximate surface area is 124 Å².